The number of nitrogens with two attached hydrogens (primary N) is 1. The van der Waals surface area contributed by atoms with Crippen LogP contribution >= 0.6 is 0 Å². The van der Waals surface area contributed by atoms with E-state index in [0.29, 0.717) is 12.3 Å². The molecule has 0 bridgehead atoms. The van der Waals surface area contributed by atoms with Crippen LogP contribution in [0.5, 0.6) is 5.75 Å². The minimum absolute atomic E-state index is 0.369. The van der Waals surface area contributed by atoms with Gasteiger partial charge in [-0.1, -0.05) is 18.2 Å². The number of fused-ring (bicyclic) bond motifs is 1. The quantitative estimate of drug-likeness (QED) is 0.643. The van der Waals surface area contributed by atoms with Gasteiger partial charge in [0.25, 0.3) is 0 Å². The van der Waals surface area contributed by atoms with Crippen molar-refractivity contribution in [2.45, 2.75) is 6.42 Å². The summed E-state index contributed by atoms with van der Waals surface area (Å²) in [4.78, 5) is 14.0. The highest BCUT2D eigenvalue weighted by Gasteiger charge is 2.17. The molecule has 0 saturated carbocycles. The molecular weight excluding hydrogens is 168 g/mol. The number of hydrogen-bond donors (Lipinski definition) is 1. The molecule has 4 nitrogen and oxygen atoms in total. The molecule has 0 fully saturated rings. The fraction of sp³-hybridized carbons (Fsp3) is 0.111. The number of hydrogen-bond acceptors (Lipinski definition) is 2. The van der Waals surface area contributed by atoms with Crippen LogP contribution in [0.4, 0.5) is 4.79 Å². The molecule has 0 unspecified atom stereocenters. The zero-order valence-corrected chi connectivity index (χ0v) is 6.86. The van der Waals surface area contributed by atoms with Crippen LogP contribution in [0.2, 0.25) is 0 Å². The Morgan fingerprint density at radius 2 is 2.23 bits per heavy atom. The number of primary amides is 1. The van der Waals surface area contributed by atoms with Crippen molar-refractivity contribution in [1.29, 1.82) is 0 Å². The first-order chi connectivity index (χ1) is 6.25. The Hall–Kier alpha value is -1.84. The SMILES string of the molecule is NC(=O)N=C1Cc2ccccc2O1. The number of amides is 2. The third kappa shape index (κ3) is 1.51. The first-order valence-electron chi connectivity index (χ1n) is 3.88. The van der Waals surface area contributed by atoms with E-state index in [-0.39, 0.29) is 0 Å². The van der Waals surface area contributed by atoms with Gasteiger partial charge in [0, 0.05) is 5.56 Å². The van der Waals surface area contributed by atoms with E-state index in [2.05, 4.69) is 4.99 Å². The molecule has 2 rings (SSSR count). The Bertz CT molecular complexity index is 358. The van der Waals surface area contributed by atoms with Gasteiger partial charge < -0.3 is 10.5 Å². The average Bonchev–Trinajstić information content (AvgIpc) is 2.44. The zero-order chi connectivity index (χ0) is 9.26. The number of carbonyl (C=O) groups excluding carboxylic acids is 1. The van der Waals surface area contributed by atoms with Gasteiger partial charge in [-0.25, -0.2) is 4.79 Å². The van der Waals surface area contributed by atoms with E-state index < -0.39 is 6.03 Å². The number of carbonyl (C=O) groups is 1. The summed E-state index contributed by atoms with van der Waals surface area (Å²) in [6, 6.07) is 6.82. The molecule has 2 amide bonds. The number of rotatable bonds is 0. The summed E-state index contributed by atoms with van der Waals surface area (Å²) in [5.74, 6) is 1.12. The lowest BCUT2D eigenvalue weighted by Crippen LogP contribution is -2.12. The Morgan fingerprint density at radius 1 is 1.46 bits per heavy atom. The van der Waals surface area contributed by atoms with Crippen molar-refractivity contribution in [2.24, 2.45) is 10.7 Å². The highest BCUT2D eigenvalue weighted by molar-refractivity contribution is 5.94. The maximum Gasteiger partial charge on any atom is 0.341 e. The highest BCUT2D eigenvalue weighted by atomic mass is 16.5. The molecule has 1 aliphatic heterocycles. The van der Waals surface area contributed by atoms with Gasteiger partial charge in [0.15, 0.2) is 0 Å². The fourth-order valence-corrected chi connectivity index (χ4v) is 1.26. The molecule has 1 aliphatic rings. The molecule has 1 heterocycles. The van der Waals surface area contributed by atoms with Crippen molar-refractivity contribution in [1.82, 2.24) is 0 Å². The second-order valence-electron chi connectivity index (χ2n) is 2.73. The Labute approximate surface area is 75.0 Å². The largest absolute Gasteiger partial charge is 0.442 e. The van der Waals surface area contributed by atoms with E-state index in [9.17, 15) is 4.79 Å². The molecule has 0 radical (unpaired) electrons. The minimum atomic E-state index is -0.720. The van der Waals surface area contributed by atoms with Crippen LogP contribution in [0.1, 0.15) is 5.56 Å². The zero-order valence-electron chi connectivity index (χ0n) is 6.86. The molecule has 13 heavy (non-hydrogen) atoms. The van der Waals surface area contributed by atoms with Crippen LogP contribution in [0.25, 0.3) is 0 Å². The first kappa shape index (κ1) is 7.79. The van der Waals surface area contributed by atoms with E-state index in [1.807, 2.05) is 24.3 Å². The van der Waals surface area contributed by atoms with Crippen LogP contribution in [0, 0.1) is 0 Å². The Balaban J connectivity index is 2.28. The smallest absolute Gasteiger partial charge is 0.341 e. The molecule has 0 aliphatic carbocycles. The summed E-state index contributed by atoms with van der Waals surface area (Å²) < 4.78 is 5.27. The van der Waals surface area contributed by atoms with Crippen LogP contribution < -0.4 is 10.5 Å². The molecule has 0 spiro atoms. The van der Waals surface area contributed by atoms with E-state index >= 15 is 0 Å². The monoisotopic (exact) mass is 176 g/mol. The second kappa shape index (κ2) is 2.90. The average molecular weight is 176 g/mol. The van der Waals surface area contributed by atoms with E-state index in [4.69, 9.17) is 10.5 Å². The minimum Gasteiger partial charge on any atom is -0.442 e. The molecule has 0 atom stereocenters. The van der Waals surface area contributed by atoms with Gasteiger partial charge in [-0.2, -0.15) is 4.99 Å². The summed E-state index contributed by atoms with van der Waals surface area (Å²) in [7, 11) is 0. The second-order valence-corrected chi connectivity index (χ2v) is 2.73. The Kier molecular flexibility index (Phi) is 1.73. The summed E-state index contributed by atoms with van der Waals surface area (Å²) in [5, 5.41) is 0. The normalized spacial score (nSPS) is 16.8. The van der Waals surface area contributed by atoms with Gasteiger partial charge in [0.1, 0.15) is 5.75 Å². The number of para-hydroxylation sites is 1. The molecule has 1 aromatic carbocycles. The summed E-state index contributed by atoms with van der Waals surface area (Å²) >= 11 is 0. The fourth-order valence-electron chi connectivity index (χ4n) is 1.26. The number of ether oxygens (including phenoxy) is 1. The summed E-state index contributed by atoms with van der Waals surface area (Å²) in [6.45, 7) is 0. The maximum atomic E-state index is 10.5. The number of aliphatic imine (C=N–C) groups is 1. The predicted molar refractivity (Wildman–Crippen MR) is 47.8 cm³/mol. The van der Waals surface area contributed by atoms with E-state index in [1.165, 1.54) is 0 Å². The van der Waals surface area contributed by atoms with Gasteiger partial charge in [0.2, 0.25) is 5.90 Å². The first-order valence-corrected chi connectivity index (χ1v) is 3.88. The van der Waals surface area contributed by atoms with Gasteiger partial charge in [-0.3, -0.25) is 0 Å². The lowest BCUT2D eigenvalue weighted by Gasteiger charge is -1.95. The lowest BCUT2D eigenvalue weighted by atomic mass is 10.2. The molecule has 1 aromatic rings. The standard InChI is InChI=1S/C9H8N2O2/c10-9(12)11-8-5-6-3-1-2-4-7(6)13-8/h1-4H,5H2,(H2,10,12). The molecule has 66 valence electrons. The van der Waals surface area contributed by atoms with E-state index in [1.54, 1.807) is 0 Å². The molecular formula is C9H8N2O2. The van der Waals surface area contributed by atoms with Gasteiger partial charge in [-0.15, -0.1) is 0 Å². The van der Waals surface area contributed by atoms with Crippen molar-refractivity contribution < 1.29 is 9.53 Å². The Morgan fingerprint density at radius 3 is 2.92 bits per heavy atom. The third-order valence-corrected chi connectivity index (χ3v) is 1.78. The third-order valence-electron chi connectivity index (χ3n) is 1.78. The number of nitrogens with zero attached hydrogens (tertiary/aromatic N) is 1. The highest BCUT2D eigenvalue weighted by Crippen LogP contribution is 2.25. The van der Waals surface area contributed by atoms with Gasteiger partial charge in [-0.05, 0) is 6.07 Å². The van der Waals surface area contributed by atoms with Gasteiger partial charge >= 0.3 is 6.03 Å². The number of urea groups is 1. The summed E-state index contributed by atoms with van der Waals surface area (Å²) in [5.41, 5.74) is 5.93. The topological polar surface area (TPSA) is 64.7 Å². The van der Waals surface area contributed by atoms with Crippen LogP contribution in [-0.2, 0) is 6.42 Å². The lowest BCUT2D eigenvalue weighted by molar-refractivity contribution is 0.256. The van der Waals surface area contributed by atoms with Crippen molar-refractivity contribution in [3.63, 3.8) is 0 Å². The van der Waals surface area contributed by atoms with Crippen molar-refractivity contribution in [3.8, 4) is 5.75 Å². The van der Waals surface area contributed by atoms with Crippen LogP contribution in [0.15, 0.2) is 29.3 Å². The maximum absolute atomic E-state index is 10.5. The van der Waals surface area contributed by atoms with Crippen molar-refractivity contribution in [2.75, 3.05) is 0 Å². The number of benzene rings is 1. The van der Waals surface area contributed by atoms with Gasteiger partial charge in [0.05, 0.1) is 6.42 Å². The van der Waals surface area contributed by atoms with Crippen molar-refractivity contribution in [3.05, 3.63) is 29.8 Å². The van der Waals surface area contributed by atoms with Crippen molar-refractivity contribution >= 4 is 11.9 Å². The summed E-state index contributed by atoms with van der Waals surface area (Å²) in [6.07, 6.45) is 0.541. The molecule has 0 aromatic heterocycles. The molecule has 2 N–H and O–H groups in total. The molecule has 0 saturated heterocycles. The van der Waals surface area contributed by atoms with Crippen LogP contribution in [-0.4, -0.2) is 11.9 Å². The van der Waals surface area contributed by atoms with E-state index in [0.717, 1.165) is 11.3 Å². The molecule has 4 heteroatoms. The predicted octanol–water partition coefficient (Wildman–Crippen LogP) is 1.10. The van der Waals surface area contributed by atoms with Crippen LogP contribution in [0.3, 0.4) is 0 Å².